The summed E-state index contributed by atoms with van der Waals surface area (Å²) in [6, 6.07) is 1.30. The van der Waals surface area contributed by atoms with Crippen molar-refractivity contribution in [2.24, 2.45) is 24.8 Å². The van der Waals surface area contributed by atoms with Gasteiger partial charge in [-0.05, 0) is 55.9 Å². The lowest BCUT2D eigenvalue weighted by Gasteiger charge is -2.25. The number of ether oxygens (including phenoxy) is 1. The summed E-state index contributed by atoms with van der Waals surface area (Å²) >= 11 is 1.49. The molecule has 14 heteroatoms. The molecular weight excluding hydrogens is 530 g/mol. The van der Waals surface area contributed by atoms with E-state index in [2.05, 4.69) is 42.9 Å². The molecule has 0 radical (unpaired) electrons. The van der Waals surface area contributed by atoms with Gasteiger partial charge in [-0.1, -0.05) is 6.92 Å². The lowest BCUT2D eigenvalue weighted by molar-refractivity contribution is -0.117. The third-order valence-corrected chi connectivity index (χ3v) is 8.87. The van der Waals surface area contributed by atoms with Crippen molar-refractivity contribution in [3.63, 3.8) is 0 Å². The van der Waals surface area contributed by atoms with Gasteiger partial charge in [-0.2, -0.15) is 8.78 Å². The van der Waals surface area contributed by atoms with Crippen molar-refractivity contribution in [2.45, 2.75) is 58.1 Å². The van der Waals surface area contributed by atoms with Gasteiger partial charge in [0.05, 0.1) is 5.56 Å². The largest absolute Gasteiger partial charge is 0.415 e. The van der Waals surface area contributed by atoms with Crippen LogP contribution in [0.5, 0.6) is 5.88 Å². The number of aromatic nitrogens is 5. The van der Waals surface area contributed by atoms with Gasteiger partial charge in [0.1, 0.15) is 17.1 Å². The number of rotatable bonds is 10. The van der Waals surface area contributed by atoms with Crippen LogP contribution in [0.1, 0.15) is 59.4 Å². The van der Waals surface area contributed by atoms with Gasteiger partial charge < -0.3 is 20.7 Å². The fraction of sp³-hybridized carbons (Fsp3) is 0.560. The molecule has 2 amide bonds. The van der Waals surface area contributed by atoms with E-state index in [0.717, 1.165) is 42.5 Å². The Morgan fingerprint density at radius 1 is 1.28 bits per heavy atom. The van der Waals surface area contributed by atoms with Crippen LogP contribution in [0.2, 0.25) is 0 Å². The van der Waals surface area contributed by atoms with Crippen molar-refractivity contribution in [1.29, 1.82) is 0 Å². The number of carbonyl (C=O) groups is 2. The third kappa shape index (κ3) is 5.47. The molecule has 3 aromatic rings. The first-order valence-electron chi connectivity index (χ1n) is 13.2. The molecule has 0 aromatic carbocycles. The number of hydrogen-bond donors (Lipinski definition) is 3. The first-order chi connectivity index (χ1) is 18.8. The number of thiophene rings is 1. The second-order valence-corrected chi connectivity index (χ2v) is 11.7. The highest BCUT2D eigenvalue weighted by Gasteiger charge is 2.40. The number of nitrogens with zero attached hydrogens (tertiary/aromatic N) is 5. The fourth-order valence-corrected chi connectivity index (χ4v) is 6.34. The van der Waals surface area contributed by atoms with Crippen LogP contribution >= 0.6 is 11.3 Å². The zero-order chi connectivity index (χ0) is 27.3. The van der Waals surface area contributed by atoms with Crippen LogP contribution in [0.4, 0.5) is 25.5 Å². The summed E-state index contributed by atoms with van der Waals surface area (Å²) < 4.78 is 32.9. The summed E-state index contributed by atoms with van der Waals surface area (Å²) in [6.07, 6.45) is 6.82. The van der Waals surface area contributed by atoms with Crippen LogP contribution in [-0.4, -0.2) is 49.5 Å². The van der Waals surface area contributed by atoms with Crippen molar-refractivity contribution in [3.05, 3.63) is 28.4 Å². The number of amides is 2. The highest BCUT2D eigenvalue weighted by molar-refractivity contribution is 7.17. The van der Waals surface area contributed by atoms with Gasteiger partial charge in [0, 0.05) is 36.5 Å². The third-order valence-electron chi connectivity index (χ3n) is 7.67. The van der Waals surface area contributed by atoms with Crippen molar-refractivity contribution >= 4 is 39.9 Å². The van der Waals surface area contributed by atoms with E-state index in [4.69, 9.17) is 0 Å². The summed E-state index contributed by atoms with van der Waals surface area (Å²) in [7, 11) is 1.60. The molecule has 3 N–H and O–H groups in total. The molecule has 0 aliphatic heterocycles. The van der Waals surface area contributed by atoms with Gasteiger partial charge >= 0.3 is 6.61 Å². The molecule has 0 unspecified atom stereocenters. The highest BCUT2D eigenvalue weighted by atomic mass is 32.1. The molecule has 39 heavy (non-hydrogen) atoms. The molecular formula is C25H30F2N8O3S. The SMILES string of the molecule is C[C@H]1C[C@@H]1C(=O)Nc1sc2c(c1C(=O)NCC1CC1)C[C@@H](n1cnnc1Nc1cc(OC(F)F)nn1C)CC2. The monoisotopic (exact) mass is 560 g/mol. The van der Waals surface area contributed by atoms with Crippen LogP contribution in [-0.2, 0) is 24.7 Å². The Bertz CT molecular complexity index is 1400. The van der Waals surface area contributed by atoms with E-state index < -0.39 is 6.61 Å². The lowest BCUT2D eigenvalue weighted by atomic mass is 9.91. The van der Waals surface area contributed by atoms with Crippen LogP contribution in [0.3, 0.4) is 0 Å². The van der Waals surface area contributed by atoms with Crippen LogP contribution in [0.15, 0.2) is 12.4 Å². The molecule has 208 valence electrons. The zero-order valence-electron chi connectivity index (χ0n) is 21.6. The molecule has 6 rings (SSSR count). The van der Waals surface area contributed by atoms with E-state index in [1.165, 1.54) is 22.1 Å². The average molecular weight is 561 g/mol. The summed E-state index contributed by atoms with van der Waals surface area (Å²) in [5, 5.41) is 22.0. The van der Waals surface area contributed by atoms with E-state index in [9.17, 15) is 18.4 Å². The Kier molecular flexibility index (Phi) is 6.73. The molecule has 0 saturated heterocycles. The fourth-order valence-electron chi connectivity index (χ4n) is 5.09. The molecule has 0 spiro atoms. The van der Waals surface area contributed by atoms with Gasteiger partial charge in [-0.15, -0.1) is 26.6 Å². The van der Waals surface area contributed by atoms with E-state index in [0.29, 0.717) is 47.1 Å². The number of aryl methyl sites for hydroxylation is 2. The van der Waals surface area contributed by atoms with Crippen LogP contribution in [0, 0.1) is 17.8 Å². The van der Waals surface area contributed by atoms with E-state index in [-0.39, 0.29) is 29.7 Å². The molecule has 3 atom stereocenters. The average Bonchev–Trinajstić information content (AvgIpc) is 3.73. The molecule has 2 fully saturated rings. The van der Waals surface area contributed by atoms with Crippen molar-refractivity contribution in [2.75, 3.05) is 17.2 Å². The number of hydrogen-bond acceptors (Lipinski definition) is 8. The normalized spacial score (nSPS) is 21.9. The minimum Gasteiger partial charge on any atom is -0.415 e. The number of alkyl halides is 2. The van der Waals surface area contributed by atoms with Gasteiger partial charge in [0.25, 0.3) is 5.91 Å². The van der Waals surface area contributed by atoms with Gasteiger partial charge in [0.15, 0.2) is 0 Å². The summed E-state index contributed by atoms with van der Waals surface area (Å²) in [6.45, 7) is -0.279. The predicted molar refractivity (Wildman–Crippen MR) is 139 cm³/mol. The standard InChI is InChI=1S/C25H30F2N8O3S/c1-12-7-15(12)21(36)31-23-20(22(37)28-10-13-3-4-13)16-8-14(5-6-17(16)39-23)35-11-29-32-25(35)30-18-9-19(33-34(18)2)38-24(26)27/h9,11-15,24H,3-8,10H2,1-2H3,(H,28,37)(H,30,32)(H,31,36)/t12-,14-,15-/m0/s1. The Morgan fingerprint density at radius 2 is 2.08 bits per heavy atom. The number of nitrogens with one attached hydrogen (secondary N) is 3. The van der Waals surface area contributed by atoms with Gasteiger partial charge in [-0.3, -0.25) is 14.2 Å². The number of carbonyl (C=O) groups excluding carboxylic acids is 2. The maximum atomic E-state index is 13.4. The Balaban J connectivity index is 1.24. The first-order valence-corrected chi connectivity index (χ1v) is 14.0. The first kappa shape index (κ1) is 25.7. The Labute approximate surface area is 227 Å². The number of halogens is 2. The number of fused-ring (bicyclic) bond motifs is 1. The maximum absolute atomic E-state index is 13.4. The summed E-state index contributed by atoms with van der Waals surface area (Å²) in [5.74, 6) is 1.35. The Morgan fingerprint density at radius 3 is 2.79 bits per heavy atom. The smallest absolute Gasteiger partial charge is 0.388 e. The van der Waals surface area contributed by atoms with Crippen LogP contribution < -0.4 is 20.7 Å². The maximum Gasteiger partial charge on any atom is 0.388 e. The molecule has 3 aliphatic rings. The molecule has 2 saturated carbocycles. The Hall–Kier alpha value is -3.55. The van der Waals surface area contributed by atoms with Crippen molar-refractivity contribution in [3.8, 4) is 5.88 Å². The molecule has 11 nitrogen and oxygen atoms in total. The quantitative estimate of drug-likeness (QED) is 0.343. The molecule has 3 aromatic heterocycles. The van der Waals surface area contributed by atoms with Gasteiger partial charge in [0.2, 0.25) is 17.7 Å². The molecule has 0 bridgehead atoms. The molecule has 3 aliphatic carbocycles. The number of anilines is 3. The minimum absolute atomic E-state index is 0.00326. The van der Waals surface area contributed by atoms with E-state index in [1.807, 2.05) is 4.57 Å². The van der Waals surface area contributed by atoms with E-state index in [1.54, 1.807) is 13.4 Å². The molecule has 3 heterocycles. The summed E-state index contributed by atoms with van der Waals surface area (Å²) in [4.78, 5) is 27.3. The summed E-state index contributed by atoms with van der Waals surface area (Å²) in [5.41, 5.74) is 1.50. The van der Waals surface area contributed by atoms with E-state index >= 15 is 0 Å². The van der Waals surface area contributed by atoms with Crippen molar-refractivity contribution in [1.82, 2.24) is 29.9 Å². The van der Waals surface area contributed by atoms with Crippen molar-refractivity contribution < 1.29 is 23.1 Å². The zero-order valence-corrected chi connectivity index (χ0v) is 22.4. The topological polar surface area (TPSA) is 128 Å². The minimum atomic E-state index is -2.98. The van der Waals surface area contributed by atoms with Gasteiger partial charge in [-0.25, -0.2) is 4.68 Å². The highest BCUT2D eigenvalue weighted by Crippen LogP contribution is 2.44. The lowest BCUT2D eigenvalue weighted by Crippen LogP contribution is -2.28. The predicted octanol–water partition coefficient (Wildman–Crippen LogP) is 3.88. The van der Waals surface area contributed by atoms with Crippen LogP contribution in [0.25, 0.3) is 0 Å². The second-order valence-electron chi connectivity index (χ2n) is 10.6. The second kappa shape index (κ2) is 10.2.